The number of hydrogen-bond acceptors (Lipinski definition) is 3. The van der Waals surface area contributed by atoms with Gasteiger partial charge in [0.05, 0.1) is 5.92 Å². The van der Waals surface area contributed by atoms with E-state index in [2.05, 4.69) is 0 Å². The lowest BCUT2D eigenvalue weighted by atomic mass is 9.85. The van der Waals surface area contributed by atoms with Gasteiger partial charge in [0.1, 0.15) is 0 Å². The molecule has 2 aliphatic rings. The highest BCUT2D eigenvalue weighted by atomic mass is 19.4. The van der Waals surface area contributed by atoms with E-state index >= 15 is 0 Å². The highest BCUT2D eigenvalue weighted by Crippen LogP contribution is 2.33. The second kappa shape index (κ2) is 7.02. The standard InChI is InChI=1S/C14H20F4N2O3/c15-13(19-7-1-2-8-19)20(12(23)14(16,17)18)10-5-3-9(4-6-10)11(21)22/h9-10,13H,1-8H2,(H,21,22). The average Bonchev–Trinajstić information content (AvgIpc) is 3.01. The maximum Gasteiger partial charge on any atom is 0.471 e. The summed E-state index contributed by atoms with van der Waals surface area (Å²) >= 11 is 0. The summed E-state index contributed by atoms with van der Waals surface area (Å²) in [6, 6.07) is -0.921. The first-order valence-electron chi connectivity index (χ1n) is 7.72. The summed E-state index contributed by atoms with van der Waals surface area (Å²) in [5.41, 5.74) is 0. The van der Waals surface area contributed by atoms with E-state index in [4.69, 9.17) is 5.11 Å². The summed E-state index contributed by atoms with van der Waals surface area (Å²) in [6.07, 6.45) is -5.48. The first-order chi connectivity index (χ1) is 10.7. The number of alkyl halides is 4. The normalized spacial score (nSPS) is 27.7. The SMILES string of the molecule is O=C(O)C1CCC(N(C(=O)C(F)(F)F)C(F)N2CCCC2)CC1. The summed E-state index contributed by atoms with van der Waals surface area (Å²) in [5, 5.41) is 8.94. The molecular formula is C14H20F4N2O3. The molecule has 0 radical (unpaired) electrons. The summed E-state index contributed by atoms with van der Waals surface area (Å²) in [4.78, 5) is 24.1. The van der Waals surface area contributed by atoms with E-state index in [0.717, 1.165) is 0 Å². The molecule has 1 N–H and O–H groups in total. The van der Waals surface area contributed by atoms with Gasteiger partial charge in [0, 0.05) is 19.1 Å². The van der Waals surface area contributed by atoms with Crippen molar-refractivity contribution in [2.45, 2.75) is 57.2 Å². The quantitative estimate of drug-likeness (QED) is 0.630. The van der Waals surface area contributed by atoms with Gasteiger partial charge in [-0.15, -0.1) is 0 Å². The Balaban J connectivity index is 2.13. The highest BCUT2D eigenvalue weighted by molar-refractivity contribution is 5.82. The van der Waals surface area contributed by atoms with Gasteiger partial charge < -0.3 is 5.11 Å². The molecule has 1 amide bonds. The Morgan fingerprint density at radius 2 is 1.61 bits per heavy atom. The van der Waals surface area contributed by atoms with Crippen molar-refractivity contribution in [2.24, 2.45) is 5.92 Å². The predicted molar refractivity (Wildman–Crippen MR) is 72.0 cm³/mol. The minimum Gasteiger partial charge on any atom is -0.481 e. The van der Waals surface area contributed by atoms with Gasteiger partial charge in [0.25, 0.3) is 0 Å². The fraction of sp³-hybridized carbons (Fsp3) is 0.857. The Kier molecular flexibility index (Phi) is 5.49. The van der Waals surface area contributed by atoms with Gasteiger partial charge in [0.15, 0.2) is 0 Å². The van der Waals surface area contributed by atoms with Crippen molar-refractivity contribution < 1.29 is 32.3 Å². The summed E-state index contributed by atoms with van der Waals surface area (Å²) < 4.78 is 53.1. The molecule has 132 valence electrons. The Labute approximate surface area is 131 Å². The van der Waals surface area contributed by atoms with Crippen molar-refractivity contribution in [2.75, 3.05) is 13.1 Å². The monoisotopic (exact) mass is 340 g/mol. The third-order valence-corrected chi connectivity index (χ3v) is 4.59. The Morgan fingerprint density at radius 3 is 2.04 bits per heavy atom. The van der Waals surface area contributed by atoms with Crippen LogP contribution >= 0.6 is 0 Å². The molecule has 1 unspecified atom stereocenters. The lowest BCUT2D eigenvalue weighted by Crippen LogP contribution is -2.57. The second-order valence-corrected chi connectivity index (χ2v) is 6.11. The molecule has 1 saturated carbocycles. The molecule has 0 aromatic heterocycles. The molecule has 1 aliphatic carbocycles. The maximum atomic E-state index is 14.6. The molecule has 0 bridgehead atoms. The molecule has 1 aliphatic heterocycles. The minimum absolute atomic E-state index is 0.0625. The van der Waals surface area contributed by atoms with E-state index in [1.807, 2.05) is 0 Å². The molecule has 1 saturated heterocycles. The molecule has 0 spiro atoms. The van der Waals surface area contributed by atoms with Gasteiger partial charge in [0.2, 0.25) is 6.42 Å². The number of carbonyl (C=O) groups is 2. The number of hydrogen-bond donors (Lipinski definition) is 1. The lowest BCUT2D eigenvalue weighted by Gasteiger charge is -2.40. The van der Waals surface area contributed by atoms with Crippen LogP contribution in [0.3, 0.4) is 0 Å². The maximum absolute atomic E-state index is 14.6. The average molecular weight is 340 g/mol. The molecule has 0 aromatic rings. The van der Waals surface area contributed by atoms with Crippen LogP contribution in [0.25, 0.3) is 0 Å². The van der Waals surface area contributed by atoms with Crippen LogP contribution in [0.1, 0.15) is 38.5 Å². The van der Waals surface area contributed by atoms with Crippen LogP contribution in [0.15, 0.2) is 0 Å². The molecule has 2 rings (SSSR count). The number of nitrogens with zero attached hydrogens (tertiary/aromatic N) is 2. The van der Waals surface area contributed by atoms with Crippen molar-refractivity contribution in [3.05, 3.63) is 0 Å². The third-order valence-electron chi connectivity index (χ3n) is 4.59. The van der Waals surface area contributed by atoms with Crippen molar-refractivity contribution in [1.82, 2.24) is 9.80 Å². The minimum atomic E-state index is -5.15. The summed E-state index contributed by atoms with van der Waals surface area (Å²) in [5.74, 6) is -3.83. The van der Waals surface area contributed by atoms with E-state index in [1.165, 1.54) is 4.90 Å². The van der Waals surface area contributed by atoms with Gasteiger partial charge in [-0.3, -0.25) is 19.4 Å². The number of rotatable bonds is 4. The zero-order valence-electron chi connectivity index (χ0n) is 12.6. The molecule has 23 heavy (non-hydrogen) atoms. The van der Waals surface area contributed by atoms with E-state index in [-0.39, 0.29) is 30.6 Å². The van der Waals surface area contributed by atoms with E-state index in [0.29, 0.717) is 25.9 Å². The van der Waals surface area contributed by atoms with Crippen LogP contribution in [-0.2, 0) is 9.59 Å². The van der Waals surface area contributed by atoms with Crippen LogP contribution in [0.5, 0.6) is 0 Å². The molecule has 1 heterocycles. The smallest absolute Gasteiger partial charge is 0.471 e. The first kappa shape index (κ1) is 18.0. The van der Waals surface area contributed by atoms with Crippen LogP contribution in [0.4, 0.5) is 17.6 Å². The van der Waals surface area contributed by atoms with Gasteiger partial charge in [-0.1, -0.05) is 0 Å². The van der Waals surface area contributed by atoms with Crippen LogP contribution in [0, 0.1) is 5.92 Å². The van der Waals surface area contributed by atoms with E-state index < -0.39 is 36.4 Å². The van der Waals surface area contributed by atoms with Crippen molar-refractivity contribution in [1.29, 1.82) is 0 Å². The number of amides is 1. The number of carboxylic acids is 1. The van der Waals surface area contributed by atoms with Crippen molar-refractivity contribution in [3.63, 3.8) is 0 Å². The Morgan fingerprint density at radius 1 is 1.09 bits per heavy atom. The van der Waals surface area contributed by atoms with E-state index in [1.54, 1.807) is 0 Å². The number of aliphatic carboxylic acids is 1. The van der Waals surface area contributed by atoms with Crippen LogP contribution in [0.2, 0.25) is 0 Å². The van der Waals surface area contributed by atoms with Crippen molar-refractivity contribution in [3.8, 4) is 0 Å². The fourth-order valence-electron chi connectivity index (χ4n) is 3.31. The first-order valence-corrected chi connectivity index (χ1v) is 7.72. The summed E-state index contributed by atoms with van der Waals surface area (Å²) in [7, 11) is 0. The summed E-state index contributed by atoms with van der Waals surface area (Å²) in [6.45, 7) is 0.626. The van der Waals surface area contributed by atoms with E-state index in [9.17, 15) is 27.2 Å². The van der Waals surface area contributed by atoms with Crippen LogP contribution < -0.4 is 0 Å². The number of likely N-dealkylation sites (tertiary alicyclic amines) is 1. The predicted octanol–water partition coefficient (Wildman–Crippen LogP) is 2.37. The van der Waals surface area contributed by atoms with Gasteiger partial charge in [-0.2, -0.15) is 13.2 Å². The zero-order chi connectivity index (χ0) is 17.2. The molecule has 2 fully saturated rings. The fourth-order valence-corrected chi connectivity index (χ4v) is 3.31. The number of carboxylic acid groups (broad SMARTS) is 1. The van der Waals surface area contributed by atoms with Crippen LogP contribution in [-0.4, -0.2) is 58.5 Å². The molecule has 0 aromatic carbocycles. The van der Waals surface area contributed by atoms with Gasteiger partial charge in [-0.25, -0.2) is 4.39 Å². The highest BCUT2D eigenvalue weighted by Gasteiger charge is 2.49. The molecule has 9 heteroatoms. The number of carbonyl (C=O) groups excluding carboxylic acids is 1. The zero-order valence-corrected chi connectivity index (χ0v) is 12.6. The Bertz CT molecular complexity index is 444. The number of halogens is 4. The molecule has 1 atom stereocenters. The molecule has 5 nitrogen and oxygen atoms in total. The second-order valence-electron chi connectivity index (χ2n) is 6.11. The Hall–Kier alpha value is -1.38. The third kappa shape index (κ3) is 4.13. The van der Waals surface area contributed by atoms with Crippen molar-refractivity contribution >= 4 is 11.9 Å². The van der Waals surface area contributed by atoms with Gasteiger partial charge >= 0.3 is 18.1 Å². The lowest BCUT2D eigenvalue weighted by molar-refractivity contribution is -0.203. The van der Waals surface area contributed by atoms with Gasteiger partial charge in [-0.05, 0) is 38.5 Å². The largest absolute Gasteiger partial charge is 0.481 e. The topological polar surface area (TPSA) is 60.9 Å². The molecular weight excluding hydrogens is 320 g/mol.